The number of anilines is 1. The van der Waals surface area contributed by atoms with E-state index in [4.69, 9.17) is 5.26 Å². The van der Waals surface area contributed by atoms with Gasteiger partial charge in [0.05, 0.1) is 11.6 Å². The fourth-order valence-electron chi connectivity index (χ4n) is 3.51. The van der Waals surface area contributed by atoms with Crippen molar-refractivity contribution in [1.82, 2.24) is 5.32 Å². The molecule has 0 atom stereocenters. The number of nitrogens with one attached hydrogen (secondary N) is 1. The van der Waals surface area contributed by atoms with Crippen LogP contribution >= 0.6 is 0 Å². The molecule has 1 saturated heterocycles. The number of carbonyl (C=O) groups excluding carboxylic acids is 1. The molecule has 0 aromatic heterocycles. The van der Waals surface area contributed by atoms with Gasteiger partial charge in [0.15, 0.2) is 0 Å². The Kier molecular flexibility index (Phi) is 6.83. The molecule has 5 nitrogen and oxygen atoms in total. The van der Waals surface area contributed by atoms with Crippen molar-refractivity contribution in [2.75, 3.05) is 18.0 Å². The van der Waals surface area contributed by atoms with Crippen LogP contribution in [-0.4, -0.2) is 31.4 Å². The van der Waals surface area contributed by atoms with Crippen LogP contribution < -0.4 is 15.0 Å². The maximum atomic E-state index is 12.5. The number of halogens is 3. The molecular weight excluding hydrogens is 395 g/mol. The first-order valence-electron chi connectivity index (χ1n) is 9.72. The van der Waals surface area contributed by atoms with Crippen molar-refractivity contribution in [3.63, 3.8) is 0 Å². The number of nitriles is 1. The van der Waals surface area contributed by atoms with Crippen LogP contribution in [0.5, 0.6) is 5.75 Å². The molecule has 1 N–H and O–H groups in total. The van der Waals surface area contributed by atoms with Crippen molar-refractivity contribution in [2.45, 2.75) is 38.1 Å². The lowest BCUT2D eigenvalue weighted by Gasteiger charge is -2.34. The summed E-state index contributed by atoms with van der Waals surface area (Å²) in [5.74, 6) is -0.456. The van der Waals surface area contributed by atoms with E-state index in [1.54, 1.807) is 18.2 Å². The van der Waals surface area contributed by atoms with Crippen LogP contribution in [0.1, 0.15) is 30.4 Å². The van der Waals surface area contributed by atoms with Gasteiger partial charge in [-0.2, -0.15) is 5.26 Å². The molecule has 1 aliphatic heterocycles. The van der Waals surface area contributed by atoms with Gasteiger partial charge < -0.3 is 15.0 Å². The van der Waals surface area contributed by atoms with Crippen molar-refractivity contribution in [3.05, 3.63) is 59.7 Å². The smallest absolute Gasteiger partial charge is 0.406 e. The Hall–Kier alpha value is -3.21. The summed E-state index contributed by atoms with van der Waals surface area (Å²) < 4.78 is 41.5. The predicted octanol–water partition coefficient (Wildman–Crippen LogP) is 4.17. The Morgan fingerprint density at radius 1 is 1.13 bits per heavy atom. The first kappa shape index (κ1) is 21.5. The van der Waals surface area contributed by atoms with Gasteiger partial charge in [-0.1, -0.05) is 18.2 Å². The zero-order valence-electron chi connectivity index (χ0n) is 16.3. The second-order valence-electron chi connectivity index (χ2n) is 7.14. The van der Waals surface area contributed by atoms with E-state index >= 15 is 0 Å². The quantitative estimate of drug-likeness (QED) is 0.766. The Balaban J connectivity index is 1.46. The van der Waals surface area contributed by atoms with E-state index in [2.05, 4.69) is 21.0 Å². The number of piperidine rings is 1. The maximum absolute atomic E-state index is 12.5. The molecule has 1 amide bonds. The summed E-state index contributed by atoms with van der Waals surface area (Å²) in [6.45, 7) is 1.55. The number of ether oxygens (including phenoxy) is 1. The van der Waals surface area contributed by atoms with Crippen LogP contribution in [0.15, 0.2) is 48.5 Å². The third kappa shape index (κ3) is 6.14. The molecule has 1 aliphatic rings. The Morgan fingerprint density at radius 2 is 1.80 bits per heavy atom. The van der Waals surface area contributed by atoms with Crippen LogP contribution in [0, 0.1) is 11.3 Å². The largest absolute Gasteiger partial charge is 0.573 e. The fourth-order valence-corrected chi connectivity index (χ4v) is 3.51. The van der Waals surface area contributed by atoms with Crippen LogP contribution in [0.3, 0.4) is 0 Å². The number of nitrogens with zero attached hydrogens (tertiary/aromatic N) is 2. The molecule has 0 bridgehead atoms. The van der Waals surface area contributed by atoms with Crippen molar-refractivity contribution >= 4 is 11.6 Å². The number of benzene rings is 2. The van der Waals surface area contributed by atoms with Crippen molar-refractivity contribution in [2.24, 2.45) is 0 Å². The van der Waals surface area contributed by atoms with E-state index in [9.17, 15) is 18.0 Å². The van der Waals surface area contributed by atoms with Gasteiger partial charge in [0.2, 0.25) is 5.91 Å². The third-order valence-corrected chi connectivity index (χ3v) is 5.04. The molecule has 0 aliphatic carbocycles. The maximum Gasteiger partial charge on any atom is 0.573 e. The van der Waals surface area contributed by atoms with E-state index in [1.807, 2.05) is 12.1 Å². The minimum absolute atomic E-state index is 0.0359. The molecule has 2 aromatic carbocycles. The predicted molar refractivity (Wildman–Crippen MR) is 106 cm³/mol. The second-order valence-corrected chi connectivity index (χ2v) is 7.14. The van der Waals surface area contributed by atoms with Gasteiger partial charge in [0, 0.05) is 31.2 Å². The molecule has 8 heteroatoms. The van der Waals surface area contributed by atoms with Gasteiger partial charge in [-0.15, -0.1) is 13.2 Å². The van der Waals surface area contributed by atoms with Gasteiger partial charge in [-0.25, -0.2) is 0 Å². The topological polar surface area (TPSA) is 65.4 Å². The summed E-state index contributed by atoms with van der Waals surface area (Å²) in [5, 5.41) is 11.9. The van der Waals surface area contributed by atoms with Crippen LogP contribution in [0.25, 0.3) is 0 Å². The minimum atomic E-state index is -4.76. The van der Waals surface area contributed by atoms with Gasteiger partial charge in [0.25, 0.3) is 0 Å². The molecule has 0 spiro atoms. The highest BCUT2D eigenvalue weighted by Crippen LogP contribution is 2.27. The van der Waals surface area contributed by atoms with E-state index < -0.39 is 6.36 Å². The lowest BCUT2D eigenvalue weighted by molar-refractivity contribution is -0.274. The number of carbonyl (C=O) groups is 1. The molecule has 0 radical (unpaired) electrons. The molecule has 158 valence electrons. The highest BCUT2D eigenvalue weighted by Gasteiger charge is 2.32. The summed E-state index contributed by atoms with van der Waals surface area (Å²) in [4.78, 5) is 14.5. The number of para-hydroxylation sites is 1. The number of aryl methyl sites for hydroxylation is 1. The standard InChI is InChI=1S/C22H22F3N3O2/c23-22(24,25)30-20-4-2-1-3-17(20)7-10-21(29)27-18-11-13-28(14-12-18)19-8-5-16(15-26)6-9-19/h1-6,8-9,18H,7,10-14H2,(H,27,29). The Labute approximate surface area is 173 Å². The molecule has 0 saturated carbocycles. The lowest BCUT2D eigenvalue weighted by atomic mass is 10.0. The van der Waals surface area contributed by atoms with E-state index in [0.717, 1.165) is 31.6 Å². The van der Waals surface area contributed by atoms with Crippen LogP contribution in [-0.2, 0) is 11.2 Å². The van der Waals surface area contributed by atoms with Gasteiger partial charge >= 0.3 is 6.36 Å². The highest BCUT2D eigenvalue weighted by molar-refractivity contribution is 5.76. The average molecular weight is 417 g/mol. The minimum Gasteiger partial charge on any atom is -0.406 e. The SMILES string of the molecule is N#Cc1ccc(N2CCC(NC(=O)CCc3ccccc3OC(F)(F)F)CC2)cc1. The molecule has 2 aromatic rings. The number of alkyl halides is 3. The van der Waals surface area contributed by atoms with Gasteiger partial charge in [-0.3, -0.25) is 4.79 Å². The summed E-state index contributed by atoms with van der Waals surface area (Å²) in [6.07, 6.45) is -2.95. The third-order valence-electron chi connectivity index (χ3n) is 5.04. The van der Waals surface area contributed by atoms with Crippen molar-refractivity contribution in [1.29, 1.82) is 5.26 Å². The van der Waals surface area contributed by atoms with Crippen LogP contribution in [0.2, 0.25) is 0 Å². The Bertz CT molecular complexity index is 899. The number of rotatable bonds is 6. The molecule has 0 unspecified atom stereocenters. The summed E-state index contributed by atoms with van der Waals surface area (Å²) in [5.41, 5.74) is 2.00. The molecule has 30 heavy (non-hydrogen) atoms. The zero-order chi connectivity index (χ0) is 21.6. The zero-order valence-corrected chi connectivity index (χ0v) is 16.3. The summed E-state index contributed by atoms with van der Waals surface area (Å²) in [7, 11) is 0. The number of hydrogen-bond donors (Lipinski definition) is 1. The number of hydrogen-bond acceptors (Lipinski definition) is 4. The summed E-state index contributed by atoms with van der Waals surface area (Å²) >= 11 is 0. The first-order chi connectivity index (χ1) is 14.3. The van der Waals surface area contributed by atoms with Crippen molar-refractivity contribution < 1.29 is 22.7 Å². The van der Waals surface area contributed by atoms with E-state index in [-0.39, 0.29) is 30.5 Å². The van der Waals surface area contributed by atoms with E-state index in [0.29, 0.717) is 11.1 Å². The highest BCUT2D eigenvalue weighted by atomic mass is 19.4. The van der Waals surface area contributed by atoms with E-state index in [1.165, 1.54) is 18.2 Å². The van der Waals surface area contributed by atoms with Gasteiger partial charge in [-0.05, 0) is 55.2 Å². The first-order valence-corrected chi connectivity index (χ1v) is 9.72. The molecule has 1 heterocycles. The average Bonchev–Trinajstić information content (AvgIpc) is 2.73. The molecule has 1 fully saturated rings. The van der Waals surface area contributed by atoms with Crippen molar-refractivity contribution in [3.8, 4) is 11.8 Å². The monoisotopic (exact) mass is 417 g/mol. The van der Waals surface area contributed by atoms with Gasteiger partial charge in [0.1, 0.15) is 5.75 Å². The second kappa shape index (κ2) is 9.53. The fraction of sp³-hybridized carbons (Fsp3) is 0.364. The Morgan fingerprint density at radius 3 is 2.43 bits per heavy atom. The lowest BCUT2D eigenvalue weighted by Crippen LogP contribution is -2.44. The normalized spacial score (nSPS) is 14.8. The van der Waals surface area contributed by atoms with Crippen LogP contribution in [0.4, 0.5) is 18.9 Å². The summed E-state index contributed by atoms with van der Waals surface area (Å²) in [6, 6.07) is 15.4. The number of amides is 1. The molecule has 3 rings (SSSR count). The molecular formula is C22H22F3N3O2.